The first-order valence-corrected chi connectivity index (χ1v) is 16.2. The van der Waals surface area contributed by atoms with Gasteiger partial charge in [0, 0.05) is 6.54 Å². The van der Waals surface area contributed by atoms with Crippen molar-refractivity contribution >= 4 is 29.5 Å². The molecular formula is C33H59N5O6. The molecular weight excluding hydrogens is 562 g/mol. The Labute approximate surface area is 264 Å². The molecule has 5 atom stereocenters. The molecule has 1 saturated heterocycles. The molecule has 0 spiro atoms. The second-order valence-corrected chi connectivity index (χ2v) is 16.3. The predicted octanol–water partition coefficient (Wildman–Crippen LogP) is 3.53. The molecule has 0 aromatic rings. The van der Waals surface area contributed by atoms with Crippen molar-refractivity contribution in [2.45, 2.75) is 138 Å². The van der Waals surface area contributed by atoms with Crippen LogP contribution in [0.3, 0.4) is 0 Å². The Bertz CT molecular complexity index is 1050. The smallest absolute Gasteiger partial charge is 0.315 e. The molecule has 1 saturated carbocycles. The largest absolute Gasteiger partial charge is 0.374 e. The number of urea groups is 1. The van der Waals surface area contributed by atoms with E-state index in [-0.39, 0.29) is 40.7 Å². The minimum atomic E-state index is -1.08. The van der Waals surface area contributed by atoms with E-state index < -0.39 is 47.2 Å². The van der Waals surface area contributed by atoms with Crippen LogP contribution < -0.4 is 21.7 Å². The number of ketones is 1. The summed E-state index contributed by atoms with van der Waals surface area (Å²) in [6, 6.07) is -3.64. The number of rotatable bonds is 12. The third-order valence-corrected chi connectivity index (χ3v) is 8.95. The van der Waals surface area contributed by atoms with Gasteiger partial charge in [-0.3, -0.25) is 19.2 Å². The van der Waals surface area contributed by atoms with Crippen molar-refractivity contribution in [3.63, 3.8) is 0 Å². The molecule has 0 aromatic carbocycles. The van der Waals surface area contributed by atoms with Gasteiger partial charge in [-0.2, -0.15) is 0 Å². The van der Waals surface area contributed by atoms with Crippen LogP contribution >= 0.6 is 0 Å². The number of carbonyl (C=O) groups excluding carboxylic acids is 5. The molecule has 2 unspecified atom stereocenters. The number of nitrogens with zero attached hydrogens (tertiary/aromatic N) is 1. The van der Waals surface area contributed by atoms with Crippen molar-refractivity contribution in [1.29, 1.82) is 0 Å². The zero-order valence-electron chi connectivity index (χ0n) is 29.0. The average molecular weight is 622 g/mol. The van der Waals surface area contributed by atoms with E-state index >= 15 is 0 Å². The lowest BCUT2D eigenvalue weighted by Crippen LogP contribution is -2.61. The molecule has 2 rings (SSSR count). The van der Waals surface area contributed by atoms with Crippen molar-refractivity contribution in [2.75, 3.05) is 13.2 Å². The fourth-order valence-electron chi connectivity index (χ4n) is 5.56. The Hall–Kier alpha value is -2.69. The summed E-state index contributed by atoms with van der Waals surface area (Å²) < 4.78 is 5.98. The monoisotopic (exact) mass is 621 g/mol. The second kappa shape index (κ2) is 14.6. The van der Waals surface area contributed by atoms with Gasteiger partial charge in [0.2, 0.25) is 17.6 Å². The van der Waals surface area contributed by atoms with Crippen LogP contribution in [-0.2, 0) is 23.9 Å². The maximum absolute atomic E-state index is 14.2. The van der Waals surface area contributed by atoms with Crippen molar-refractivity contribution in [3.05, 3.63) is 0 Å². The number of likely N-dealkylation sites (tertiary alicyclic amines) is 1. The van der Waals surface area contributed by atoms with Crippen LogP contribution in [0.25, 0.3) is 0 Å². The number of hydrogen-bond acceptors (Lipinski definition) is 6. The molecule has 2 aliphatic rings. The average Bonchev–Trinajstić information content (AvgIpc) is 3.29. The minimum absolute atomic E-state index is 0.0425. The van der Waals surface area contributed by atoms with E-state index in [2.05, 4.69) is 16.0 Å². The lowest BCUT2D eigenvalue weighted by Gasteiger charge is -2.37. The van der Waals surface area contributed by atoms with Gasteiger partial charge in [0.1, 0.15) is 12.1 Å². The summed E-state index contributed by atoms with van der Waals surface area (Å²) in [5.74, 6) is -2.28. The van der Waals surface area contributed by atoms with Crippen LogP contribution in [0.5, 0.6) is 0 Å². The predicted molar refractivity (Wildman–Crippen MR) is 170 cm³/mol. The van der Waals surface area contributed by atoms with Crippen molar-refractivity contribution in [3.8, 4) is 0 Å². The van der Waals surface area contributed by atoms with Crippen LogP contribution in [0.4, 0.5) is 4.79 Å². The van der Waals surface area contributed by atoms with Crippen LogP contribution in [0, 0.1) is 28.6 Å². The molecule has 1 aliphatic heterocycles. The summed E-state index contributed by atoms with van der Waals surface area (Å²) in [5.41, 5.74) is 3.93. The van der Waals surface area contributed by atoms with Gasteiger partial charge in [0.05, 0.1) is 24.3 Å². The molecule has 5 N–H and O–H groups in total. The number of Topliss-reactive ketones (excluding diaryl/α,β-unsaturated/α-hetero) is 1. The molecule has 11 heteroatoms. The maximum Gasteiger partial charge on any atom is 0.315 e. The first kappa shape index (κ1) is 37.5. The molecule has 1 heterocycles. The van der Waals surface area contributed by atoms with Crippen molar-refractivity contribution in [2.24, 2.45) is 34.3 Å². The lowest BCUT2D eigenvalue weighted by molar-refractivity contribution is -0.143. The summed E-state index contributed by atoms with van der Waals surface area (Å²) in [4.78, 5) is 67.3. The van der Waals surface area contributed by atoms with Crippen LogP contribution in [0.1, 0.15) is 108 Å². The van der Waals surface area contributed by atoms with Crippen LogP contribution in [-0.4, -0.2) is 77.4 Å². The fourth-order valence-corrected chi connectivity index (χ4v) is 5.56. The Morgan fingerprint density at radius 3 is 1.91 bits per heavy atom. The molecule has 5 amide bonds. The van der Waals surface area contributed by atoms with E-state index in [1.54, 1.807) is 0 Å². The topological polar surface area (TPSA) is 160 Å². The molecule has 0 radical (unpaired) electrons. The number of nitrogens with two attached hydrogens (primary N) is 1. The molecule has 44 heavy (non-hydrogen) atoms. The van der Waals surface area contributed by atoms with Crippen LogP contribution in [0.2, 0.25) is 0 Å². The van der Waals surface area contributed by atoms with Gasteiger partial charge in [-0.05, 0) is 62.2 Å². The standard InChI is InChI=1S/C33H59N5O6/c1-19(2)21-16-23(28(41)35-22(25(39)27(34)40)15-20-13-12-14-20)38(17-21)29(42)26(32(6,7)8)37-30(43)36-24(31(3,4)5)18-44-33(9,10)11/h19-24,26H,12-18H2,1-11H3,(H2,34,40)(H,35,41)(H2,36,37,43)/t21?,22?,23-,24-,26+/m0/s1. The first-order valence-electron chi connectivity index (χ1n) is 16.2. The van der Waals surface area contributed by atoms with Crippen molar-refractivity contribution in [1.82, 2.24) is 20.9 Å². The van der Waals surface area contributed by atoms with Gasteiger partial charge in [-0.15, -0.1) is 0 Å². The van der Waals surface area contributed by atoms with E-state index in [0.717, 1.165) is 19.3 Å². The fraction of sp³-hybridized carbons (Fsp3) is 0.848. The second-order valence-electron chi connectivity index (χ2n) is 16.3. The third-order valence-electron chi connectivity index (χ3n) is 8.95. The van der Waals surface area contributed by atoms with Gasteiger partial charge in [-0.1, -0.05) is 74.7 Å². The Morgan fingerprint density at radius 2 is 1.48 bits per heavy atom. The van der Waals surface area contributed by atoms with Gasteiger partial charge in [0.15, 0.2) is 0 Å². The van der Waals surface area contributed by atoms with E-state index in [1.807, 2.05) is 76.2 Å². The van der Waals surface area contributed by atoms with E-state index in [0.29, 0.717) is 26.0 Å². The minimum Gasteiger partial charge on any atom is -0.374 e. The van der Waals surface area contributed by atoms with E-state index in [9.17, 15) is 24.0 Å². The van der Waals surface area contributed by atoms with Gasteiger partial charge in [0.25, 0.3) is 5.91 Å². The highest BCUT2D eigenvalue weighted by atomic mass is 16.5. The molecule has 2 fully saturated rings. The lowest BCUT2D eigenvalue weighted by atomic mass is 9.80. The zero-order valence-corrected chi connectivity index (χ0v) is 29.0. The molecule has 0 bridgehead atoms. The van der Waals surface area contributed by atoms with E-state index in [1.165, 1.54) is 4.90 Å². The number of amides is 5. The normalized spacial score (nSPS) is 21.7. The zero-order chi connectivity index (χ0) is 33.8. The number of ether oxygens (including phenoxy) is 1. The number of nitrogens with one attached hydrogen (secondary N) is 3. The van der Waals surface area contributed by atoms with Crippen LogP contribution in [0.15, 0.2) is 0 Å². The van der Waals surface area contributed by atoms with E-state index in [4.69, 9.17) is 10.5 Å². The van der Waals surface area contributed by atoms with Crippen molar-refractivity contribution < 1.29 is 28.7 Å². The number of carbonyl (C=O) groups is 5. The summed E-state index contributed by atoms with van der Waals surface area (Å²) >= 11 is 0. The summed E-state index contributed by atoms with van der Waals surface area (Å²) in [6.45, 7) is 22.2. The number of primary amides is 1. The highest BCUT2D eigenvalue weighted by Crippen LogP contribution is 2.34. The Kier molecular flexibility index (Phi) is 12.4. The molecule has 0 aromatic heterocycles. The SMILES string of the molecule is CC(C)C1C[C@@H](C(=O)NC(CC2CCC2)C(=O)C(N)=O)N(C(=O)[C@@H](NC(=O)N[C@@H](COC(C)(C)C)C(C)(C)C)C(C)(C)C)C1. The molecule has 11 nitrogen and oxygen atoms in total. The summed E-state index contributed by atoms with van der Waals surface area (Å²) in [6.07, 6.45) is 3.67. The molecule has 252 valence electrons. The van der Waals surface area contributed by atoms with Gasteiger partial charge in [-0.25, -0.2) is 4.79 Å². The summed E-state index contributed by atoms with van der Waals surface area (Å²) in [7, 11) is 0. The number of hydrogen-bond donors (Lipinski definition) is 4. The quantitative estimate of drug-likeness (QED) is 0.244. The highest BCUT2D eigenvalue weighted by molar-refractivity contribution is 6.37. The van der Waals surface area contributed by atoms with Gasteiger partial charge < -0.3 is 31.3 Å². The maximum atomic E-state index is 14.2. The summed E-state index contributed by atoms with van der Waals surface area (Å²) in [5, 5.41) is 8.69. The third kappa shape index (κ3) is 10.7. The molecule has 1 aliphatic carbocycles. The Balaban J connectivity index is 2.29. The van der Waals surface area contributed by atoms with Gasteiger partial charge >= 0.3 is 6.03 Å². The Morgan fingerprint density at radius 1 is 0.886 bits per heavy atom. The first-order chi connectivity index (χ1) is 20.0. The highest BCUT2D eigenvalue weighted by Gasteiger charge is 2.46.